The molecule has 76 valence electrons. The predicted molar refractivity (Wildman–Crippen MR) is 52.8 cm³/mol. The fourth-order valence-electron chi connectivity index (χ4n) is 1.13. The molecule has 0 aliphatic carbocycles. The summed E-state index contributed by atoms with van der Waals surface area (Å²) in [6.45, 7) is 1.64. The monoisotopic (exact) mass is 215 g/mol. The molecule has 1 aromatic rings. The van der Waals surface area contributed by atoms with Gasteiger partial charge in [-0.1, -0.05) is 11.6 Å². The van der Waals surface area contributed by atoms with Crippen molar-refractivity contribution in [2.45, 2.75) is 6.92 Å². The van der Waals surface area contributed by atoms with Gasteiger partial charge in [0.05, 0.1) is 12.7 Å². The Hall–Kier alpha value is -1.29. The van der Waals surface area contributed by atoms with E-state index >= 15 is 0 Å². The second-order valence-electron chi connectivity index (χ2n) is 2.88. The third kappa shape index (κ3) is 1.65. The number of nitrogens with zero attached hydrogens (tertiary/aromatic N) is 1. The van der Waals surface area contributed by atoms with E-state index in [2.05, 4.69) is 4.74 Å². The maximum absolute atomic E-state index is 11.3. The number of ether oxygens (including phenoxy) is 1. The largest absolute Gasteiger partial charge is 0.465 e. The number of aryl methyl sites for hydroxylation is 1. The molecular formula is C9H10ClNO3. The van der Waals surface area contributed by atoms with Gasteiger partial charge in [0.15, 0.2) is 0 Å². The van der Waals surface area contributed by atoms with Gasteiger partial charge < -0.3 is 9.30 Å². The molecule has 0 radical (unpaired) electrons. The zero-order chi connectivity index (χ0) is 10.9. The molecule has 1 aromatic heterocycles. The topological polar surface area (TPSA) is 48.3 Å². The summed E-state index contributed by atoms with van der Waals surface area (Å²) in [7, 11) is 2.76. The van der Waals surface area contributed by atoms with E-state index in [0.29, 0.717) is 5.56 Å². The standard InChI is InChI=1S/C9H10ClNO3/c1-5-4-6(12)11(2)8(10)7(5)9(13)14-3/h4H,1-3H3. The Bertz CT molecular complexity index is 436. The summed E-state index contributed by atoms with van der Waals surface area (Å²) in [6.07, 6.45) is 0. The number of carbonyl (C=O) groups excluding carboxylic acids is 1. The van der Waals surface area contributed by atoms with Crippen molar-refractivity contribution in [2.24, 2.45) is 7.05 Å². The van der Waals surface area contributed by atoms with Gasteiger partial charge in [-0.3, -0.25) is 4.79 Å². The smallest absolute Gasteiger partial charge is 0.341 e. The van der Waals surface area contributed by atoms with Crippen LogP contribution in [0.25, 0.3) is 0 Å². The molecule has 0 saturated carbocycles. The van der Waals surface area contributed by atoms with E-state index in [-0.39, 0.29) is 16.3 Å². The summed E-state index contributed by atoms with van der Waals surface area (Å²) in [5.41, 5.74) is 0.501. The van der Waals surface area contributed by atoms with E-state index in [9.17, 15) is 9.59 Å². The van der Waals surface area contributed by atoms with Gasteiger partial charge in [0.2, 0.25) is 0 Å². The first-order chi connectivity index (χ1) is 6.49. The summed E-state index contributed by atoms with van der Waals surface area (Å²) in [5, 5.41) is 0.0989. The van der Waals surface area contributed by atoms with E-state index in [4.69, 9.17) is 11.6 Å². The van der Waals surface area contributed by atoms with E-state index in [1.165, 1.54) is 24.8 Å². The summed E-state index contributed by atoms with van der Waals surface area (Å²) < 4.78 is 5.75. The molecule has 1 heterocycles. The predicted octanol–water partition coefficient (Wildman–Crippen LogP) is 1.13. The number of aromatic nitrogens is 1. The first-order valence-electron chi connectivity index (χ1n) is 3.93. The van der Waals surface area contributed by atoms with Crippen LogP contribution in [0.5, 0.6) is 0 Å². The molecule has 0 saturated heterocycles. The molecule has 0 N–H and O–H groups in total. The molecule has 14 heavy (non-hydrogen) atoms. The molecule has 0 spiro atoms. The van der Waals surface area contributed by atoms with Crippen molar-refractivity contribution in [3.63, 3.8) is 0 Å². The second kappa shape index (κ2) is 3.84. The van der Waals surface area contributed by atoms with Crippen molar-refractivity contribution in [1.82, 2.24) is 4.57 Å². The lowest BCUT2D eigenvalue weighted by molar-refractivity contribution is 0.0599. The molecule has 5 heteroatoms. The minimum Gasteiger partial charge on any atom is -0.465 e. The van der Waals surface area contributed by atoms with Crippen LogP contribution in [0.15, 0.2) is 10.9 Å². The summed E-state index contributed by atoms with van der Waals surface area (Å²) in [4.78, 5) is 22.5. The molecular weight excluding hydrogens is 206 g/mol. The Morgan fingerprint density at radius 2 is 2.14 bits per heavy atom. The number of hydrogen-bond donors (Lipinski definition) is 0. The van der Waals surface area contributed by atoms with E-state index in [1.54, 1.807) is 6.92 Å². The molecule has 0 bridgehead atoms. The third-order valence-corrected chi connectivity index (χ3v) is 2.40. The van der Waals surface area contributed by atoms with Crippen molar-refractivity contribution in [3.8, 4) is 0 Å². The van der Waals surface area contributed by atoms with Crippen LogP contribution in [-0.2, 0) is 11.8 Å². The second-order valence-corrected chi connectivity index (χ2v) is 3.24. The molecule has 0 atom stereocenters. The lowest BCUT2D eigenvalue weighted by Crippen LogP contribution is -2.21. The quantitative estimate of drug-likeness (QED) is 0.521. The molecule has 0 amide bonds. The zero-order valence-electron chi connectivity index (χ0n) is 8.13. The number of carbonyl (C=O) groups is 1. The maximum atomic E-state index is 11.3. The lowest BCUT2D eigenvalue weighted by atomic mass is 10.1. The highest BCUT2D eigenvalue weighted by molar-refractivity contribution is 6.32. The Balaban J connectivity index is 3.52. The number of rotatable bonds is 1. The molecule has 0 aliphatic rings. The van der Waals surface area contributed by atoms with Crippen LogP contribution in [0.4, 0.5) is 0 Å². The minimum absolute atomic E-state index is 0.0989. The van der Waals surface area contributed by atoms with Gasteiger partial charge in [-0.2, -0.15) is 0 Å². The average Bonchev–Trinajstić information content (AvgIpc) is 2.14. The Kier molecular flexibility index (Phi) is 2.96. The Morgan fingerprint density at radius 3 is 2.64 bits per heavy atom. The van der Waals surface area contributed by atoms with Crippen molar-refractivity contribution in [3.05, 3.63) is 32.7 Å². The van der Waals surface area contributed by atoms with Gasteiger partial charge in [0, 0.05) is 13.1 Å². The highest BCUT2D eigenvalue weighted by Crippen LogP contribution is 2.17. The van der Waals surface area contributed by atoms with E-state index in [1.807, 2.05) is 0 Å². The van der Waals surface area contributed by atoms with Crippen molar-refractivity contribution in [2.75, 3.05) is 7.11 Å². The van der Waals surface area contributed by atoms with Gasteiger partial charge in [-0.15, -0.1) is 0 Å². The van der Waals surface area contributed by atoms with E-state index < -0.39 is 5.97 Å². The highest BCUT2D eigenvalue weighted by Gasteiger charge is 2.16. The lowest BCUT2D eigenvalue weighted by Gasteiger charge is -2.08. The Labute approximate surface area is 86.1 Å². The maximum Gasteiger partial charge on any atom is 0.341 e. The molecule has 4 nitrogen and oxygen atoms in total. The van der Waals surface area contributed by atoms with E-state index in [0.717, 1.165) is 0 Å². The van der Waals surface area contributed by atoms with Gasteiger partial charge in [-0.25, -0.2) is 4.79 Å². The van der Waals surface area contributed by atoms with Crippen LogP contribution in [0.2, 0.25) is 5.15 Å². The normalized spacial score (nSPS) is 10.0. The van der Waals surface area contributed by atoms with Crippen LogP contribution >= 0.6 is 11.6 Å². The number of halogens is 1. The third-order valence-electron chi connectivity index (χ3n) is 1.96. The first-order valence-corrected chi connectivity index (χ1v) is 4.31. The SMILES string of the molecule is COC(=O)c1c(C)cc(=O)n(C)c1Cl. The molecule has 0 fully saturated rings. The molecule has 0 unspecified atom stereocenters. The summed E-state index contributed by atoms with van der Waals surface area (Å²) in [6, 6.07) is 1.35. The molecule has 1 rings (SSSR count). The Morgan fingerprint density at radius 1 is 1.57 bits per heavy atom. The zero-order valence-corrected chi connectivity index (χ0v) is 8.88. The number of methoxy groups -OCH3 is 1. The van der Waals surface area contributed by atoms with Crippen LogP contribution in [0.1, 0.15) is 15.9 Å². The van der Waals surface area contributed by atoms with Gasteiger partial charge in [-0.05, 0) is 12.5 Å². The van der Waals surface area contributed by atoms with Crippen LogP contribution in [-0.4, -0.2) is 17.6 Å². The van der Waals surface area contributed by atoms with Crippen molar-refractivity contribution in [1.29, 1.82) is 0 Å². The van der Waals surface area contributed by atoms with Crippen LogP contribution in [0, 0.1) is 6.92 Å². The van der Waals surface area contributed by atoms with Gasteiger partial charge >= 0.3 is 5.97 Å². The van der Waals surface area contributed by atoms with Crippen molar-refractivity contribution < 1.29 is 9.53 Å². The van der Waals surface area contributed by atoms with Crippen LogP contribution in [0.3, 0.4) is 0 Å². The van der Waals surface area contributed by atoms with Gasteiger partial charge in [0.1, 0.15) is 5.15 Å². The number of pyridine rings is 1. The van der Waals surface area contributed by atoms with Gasteiger partial charge in [0.25, 0.3) is 5.56 Å². The molecule has 0 aliphatic heterocycles. The molecule has 0 aromatic carbocycles. The fraction of sp³-hybridized carbons (Fsp3) is 0.333. The summed E-state index contributed by atoms with van der Waals surface area (Å²) in [5.74, 6) is -0.539. The summed E-state index contributed by atoms with van der Waals surface area (Å²) >= 11 is 5.84. The van der Waals surface area contributed by atoms with Crippen molar-refractivity contribution >= 4 is 17.6 Å². The van der Waals surface area contributed by atoms with Crippen LogP contribution < -0.4 is 5.56 Å². The first kappa shape index (κ1) is 10.8. The highest BCUT2D eigenvalue weighted by atomic mass is 35.5. The number of hydrogen-bond acceptors (Lipinski definition) is 3. The number of esters is 1. The minimum atomic E-state index is -0.539. The fourth-order valence-corrected chi connectivity index (χ4v) is 1.44. The average molecular weight is 216 g/mol.